The number of nitrogens with zero attached hydrogens (tertiary/aromatic N) is 1. The Balaban J connectivity index is 2.76. The molecule has 0 unspecified atom stereocenters. The molecule has 1 aromatic rings. The Morgan fingerprint density at radius 3 is 2.73 bits per heavy atom. The second-order valence-electron chi connectivity index (χ2n) is 3.34. The summed E-state index contributed by atoms with van der Waals surface area (Å²) in [5, 5.41) is 0. The summed E-state index contributed by atoms with van der Waals surface area (Å²) in [7, 11) is 5.06. The Kier molecular flexibility index (Phi) is 3.92. The van der Waals surface area contributed by atoms with Gasteiger partial charge in [0.1, 0.15) is 5.75 Å². The van der Waals surface area contributed by atoms with Crippen LogP contribution in [0.5, 0.6) is 5.75 Å². The van der Waals surface area contributed by atoms with E-state index in [0.717, 1.165) is 11.3 Å². The molecule has 0 spiro atoms. The summed E-state index contributed by atoms with van der Waals surface area (Å²) in [6.45, 7) is 0. The minimum absolute atomic E-state index is 0.0298. The van der Waals surface area contributed by atoms with Crippen LogP contribution in [0.2, 0.25) is 0 Å². The van der Waals surface area contributed by atoms with E-state index in [9.17, 15) is 4.79 Å². The normalized spacial score (nSPS) is 10.3. The Bertz CT molecular complexity index is 370. The fourth-order valence-corrected chi connectivity index (χ4v) is 1.06. The lowest BCUT2D eigenvalue weighted by Crippen LogP contribution is -2.18. The van der Waals surface area contributed by atoms with Gasteiger partial charge in [0.2, 0.25) is 5.91 Å². The summed E-state index contributed by atoms with van der Waals surface area (Å²) < 4.78 is 5.08. The van der Waals surface area contributed by atoms with E-state index in [2.05, 4.69) is 0 Å². The summed E-state index contributed by atoms with van der Waals surface area (Å²) in [5.41, 5.74) is 0.949. The molecule has 0 N–H and O–H groups in total. The van der Waals surface area contributed by atoms with Crippen molar-refractivity contribution in [3.63, 3.8) is 0 Å². The second kappa shape index (κ2) is 5.20. The highest BCUT2D eigenvalue weighted by Crippen LogP contribution is 2.13. The third kappa shape index (κ3) is 3.46. The predicted molar refractivity (Wildman–Crippen MR) is 60.7 cm³/mol. The number of carbonyl (C=O) groups is 1. The molecular weight excluding hydrogens is 190 g/mol. The number of amides is 1. The van der Waals surface area contributed by atoms with E-state index < -0.39 is 0 Å². The maximum Gasteiger partial charge on any atom is 0.246 e. The second-order valence-corrected chi connectivity index (χ2v) is 3.34. The maximum atomic E-state index is 11.3. The zero-order valence-electron chi connectivity index (χ0n) is 9.23. The Morgan fingerprint density at radius 1 is 1.40 bits per heavy atom. The van der Waals surface area contributed by atoms with Crippen molar-refractivity contribution >= 4 is 12.0 Å². The minimum Gasteiger partial charge on any atom is -0.497 e. The molecule has 0 bridgehead atoms. The Morgan fingerprint density at radius 2 is 2.13 bits per heavy atom. The maximum absolute atomic E-state index is 11.3. The van der Waals surface area contributed by atoms with E-state index >= 15 is 0 Å². The number of rotatable bonds is 3. The van der Waals surface area contributed by atoms with E-state index in [1.54, 1.807) is 27.3 Å². The molecule has 1 amide bonds. The molecule has 15 heavy (non-hydrogen) atoms. The standard InChI is InChI=1S/C12H15NO2/c1-13(2)12(14)8-7-10-5-4-6-11(9-10)15-3/h4-9H,1-3H3/b8-7+. The molecule has 1 aromatic carbocycles. The van der Waals surface area contributed by atoms with Crippen molar-refractivity contribution in [3.05, 3.63) is 35.9 Å². The molecule has 0 aliphatic heterocycles. The Labute approximate surface area is 90.0 Å². The largest absolute Gasteiger partial charge is 0.497 e. The summed E-state index contributed by atoms with van der Waals surface area (Å²) in [4.78, 5) is 12.8. The molecule has 0 aliphatic carbocycles. The van der Waals surface area contributed by atoms with E-state index in [1.807, 2.05) is 24.3 Å². The van der Waals surface area contributed by atoms with Gasteiger partial charge in [0.05, 0.1) is 7.11 Å². The van der Waals surface area contributed by atoms with Gasteiger partial charge < -0.3 is 9.64 Å². The molecule has 3 nitrogen and oxygen atoms in total. The quantitative estimate of drug-likeness (QED) is 0.704. The van der Waals surface area contributed by atoms with E-state index in [1.165, 1.54) is 11.0 Å². The minimum atomic E-state index is -0.0298. The van der Waals surface area contributed by atoms with Gasteiger partial charge in [0.25, 0.3) is 0 Å². The molecule has 0 saturated heterocycles. The van der Waals surface area contributed by atoms with Gasteiger partial charge in [-0.25, -0.2) is 0 Å². The zero-order chi connectivity index (χ0) is 11.3. The fourth-order valence-electron chi connectivity index (χ4n) is 1.06. The van der Waals surface area contributed by atoms with Crippen LogP contribution >= 0.6 is 0 Å². The van der Waals surface area contributed by atoms with Gasteiger partial charge in [-0.15, -0.1) is 0 Å². The summed E-state index contributed by atoms with van der Waals surface area (Å²) in [6, 6.07) is 7.55. The molecule has 0 radical (unpaired) electrons. The lowest BCUT2D eigenvalue weighted by molar-refractivity contribution is -0.123. The van der Waals surface area contributed by atoms with Crippen LogP contribution in [0.3, 0.4) is 0 Å². The molecule has 0 aromatic heterocycles. The van der Waals surface area contributed by atoms with Crippen LogP contribution in [0.4, 0.5) is 0 Å². The van der Waals surface area contributed by atoms with Gasteiger partial charge in [0, 0.05) is 20.2 Å². The molecule has 0 atom stereocenters. The SMILES string of the molecule is COc1cccc(/C=C/C(=O)N(C)C)c1. The van der Waals surface area contributed by atoms with Crippen molar-refractivity contribution in [2.24, 2.45) is 0 Å². The third-order valence-electron chi connectivity index (χ3n) is 1.95. The Hall–Kier alpha value is -1.77. The number of methoxy groups -OCH3 is 1. The highest BCUT2D eigenvalue weighted by Gasteiger charge is 1.97. The molecule has 0 heterocycles. The molecule has 0 fully saturated rings. The van der Waals surface area contributed by atoms with Gasteiger partial charge in [-0.2, -0.15) is 0 Å². The number of hydrogen-bond acceptors (Lipinski definition) is 2. The van der Waals surface area contributed by atoms with Crippen molar-refractivity contribution in [1.82, 2.24) is 4.90 Å². The highest BCUT2D eigenvalue weighted by molar-refractivity contribution is 5.91. The van der Waals surface area contributed by atoms with Crippen LogP contribution in [0, 0.1) is 0 Å². The van der Waals surface area contributed by atoms with Crippen molar-refractivity contribution < 1.29 is 9.53 Å². The lowest BCUT2D eigenvalue weighted by Gasteiger charge is -2.05. The topological polar surface area (TPSA) is 29.5 Å². The highest BCUT2D eigenvalue weighted by atomic mass is 16.5. The summed E-state index contributed by atoms with van der Waals surface area (Å²) in [6.07, 6.45) is 3.31. The molecule has 1 rings (SSSR count). The average Bonchev–Trinajstić information content (AvgIpc) is 2.26. The summed E-state index contributed by atoms with van der Waals surface area (Å²) >= 11 is 0. The molecule has 0 saturated carbocycles. The fraction of sp³-hybridized carbons (Fsp3) is 0.250. The zero-order valence-corrected chi connectivity index (χ0v) is 9.23. The molecular formula is C12H15NO2. The number of carbonyl (C=O) groups excluding carboxylic acids is 1. The van der Waals surface area contributed by atoms with Crippen molar-refractivity contribution in [2.45, 2.75) is 0 Å². The van der Waals surface area contributed by atoms with Crippen LogP contribution in [-0.2, 0) is 4.79 Å². The van der Waals surface area contributed by atoms with Crippen LogP contribution < -0.4 is 4.74 Å². The van der Waals surface area contributed by atoms with Gasteiger partial charge in [-0.05, 0) is 23.8 Å². The van der Waals surface area contributed by atoms with Gasteiger partial charge in [0.15, 0.2) is 0 Å². The van der Waals surface area contributed by atoms with Crippen LogP contribution in [0.25, 0.3) is 6.08 Å². The number of benzene rings is 1. The number of likely N-dealkylation sites (N-methyl/N-ethyl adjacent to an activating group) is 1. The van der Waals surface area contributed by atoms with E-state index in [-0.39, 0.29) is 5.91 Å². The number of hydrogen-bond donors (Lipinski definition) is 0. The van der Waals surface area contributed by atoms with Gasteiger partial charge in [-0.3, -0.25) is 4.79 Å². The summed E-state index contributed by atoms with van der Waals surface area (Å²) in [5.74, 6) is 0.757. The average molecular weight is 205 g/mol. The number of ether oxygens (including phenoxy) is 1. The van der Waals surface area contributed by atoms with Crippen LogP contribution in [-0.4, -0.2) is 32.0 Å². The van der Waals surface area contributed by atoms with E-state index in [0.29, 0.717) is 0 Å². The molecule has 80 valence electrons. The smallest absolute Gasteiger partial charge is 0.246 e. The first-order valence-corrected chi connectivity index (χ1v) is 4.67. The van der Waals surface area contributed by atoms with Crippen molar-refractivity contribution in [2.75, 3.05) is 21.2 Å². The molecule has 0 aliphatic rings. The van der Waals surface area contributed by atoms with Crippen LogP contribution in [0.15, 0.2) is 30.3 Å². The van der Waals surface area contributed by atoms with Crippen LogP contribution in [0.1, 0.15) is 5.56 Å². The first-order chi connectivity index (χ1) is 7.13. The van der Waals surface area contributed by atoms with Gasteiger partial charge in [-0.1, -0.05) is 12.1 Å². The first kappa shape index (κ1) is 11.3. The molecule has 3 heteroatoms. The lowest BCUT2D eigenvalue weighted by atomic mass is 10.2. The van der Waals surface area contributed by atoms with Crippen molar-refractivity contribution in [3.8, 4) is 5.75 Å². The predicted octanol–water partition coefficient (Wildman–Crippen LogP) is 1.80. The third-order valence-corrected chi connectivity index (χ3v) is 1.95. The van der Waals surface area contributed by atoms with Crippen molar-refractivity contribution in [1.29, 1.82) is 0 Å². The van der Waals surface area contributed by atoms with Gasteiger partial charge >= 0.3 is 0 Å². The monoisotopic (exact) mass is 205 g/mol. The van der Waals surface area contributed by atoms with E-state index in [4.69, 9.17) is 4.74 Å². The first-order valence-electron chi connectivity index (χ1n) is 4.67.